The normalized spacial score (nSPS) is 13.8. The van der Waals surface area contributed by atoms with Crippen LogP contribution in [-0.2, 0) is 13.1 Å². The van der Waals surface area contributed by atoms with E-state index in [2.05, 4.69) is 58.1 Å². The van der Waals surface area contributed by atoms with Crippen molar-refractivity contribution >= 4 is 27.3 Å². The van der Waals surface area contributed by atoms with Crippen molar-refractivity contribution < 1.29 is 0 Å². The molecule has 1 heterocycles. The molecule has 92 valence electrons. The van der Waals surface area contributed by atoms with Gasteiger partial charge in [-0.05, 0) is 53.9 Å². The average Bonchev–Trinajstić information content (AvgIpc) is 2.70. The SMILES string of the molecule is Cc1cc(Br)cc(N2Cc3ccc(N)cc3C2)c1. The summed E-state index contributed by atoms with van der Waals surface area (Å²) >= 11 is 3.56. The predicted octanol–water partition coefficient (Wildman–Crippen LogP) is 3.86. The van der Waals surface area contributed by atoms with Gasteiger partial charge in [0.1, 0.15) is 0 Å². The molecule has 18 heavy (non-hydrogen) atoms. The van der Waals surface area contributed by atoms with Crippen molar-refractivity contribution in [3.8, 4) is 0 Å². The predicted molar refractivity (Wildman–Crippen MR) is 79.6 cm³/mol. The molecular formula is C15H15BrN2. The lowest BCUT2D eigenvalue weighted by atomic mass is 10.1. The van der Waals surface area contributed by atoms with Crippen molar-refractivity contribution in [2.45, 2.75) is 20.0 Å². The van der Waals surface area contributed by atoms with Gasteiger partial charge in [0.2, 0.25) is 0 Å². The molecule has 2 N–H and O–H groups in total. The molecule has 0 aliphatic carbocycles. The first-order chi connectivity index (χ1) is 8.61. The number of nitrogens with two attached hydrogens (primary N) is 1. The fraction of sp³-hybridized carbons (Fsp3) is 0.200. The van der Waals surface area contributed by atoms with E-state index in [1.54, 1.807) is 0 Å². The van der Waals surface area contributed by atoms with Crippen molar-refractivity contribution in [3.05, 3.63) is 57.6 Å². The third-order valence-corrected chi connectivity index (χ3v) is 3.80. The van der Waals surface area contributed by atoms with Crippen LogP contribution in [0, 0.1) is 6.92 Å². The smallest absolute Gasteiger partial charge is 0.0437 e. The van der Waals surface area contributed by atoms with Crippen molar-refractivity contribution in [1.29, 1.82) is 0 Å². The average molecular weight is 303 g/mol. The van der Waals surface area contributed by atoms with Gasteiger partial charge in [-0.3, -0.25) is 0 Å². The molecule has 2 nitrogen and oxygen atoms in total. The summed E-state index contributed by atoms with van der Waals surface area (Å²) in [4.78, 5) is 2.38. The molecule has 0 aromatic heterocycles. The molecule has 0 unspecified atom stereocenters. The van der Waals surface area contributed by atoms with E-state index in [9.17, 15) is 0 Å². The fourth-order valence-corrected chi connectivity index (χ4v) is 3.09. The van der Waals surface area contributed by atoms with Crippen LogP contribution in [0.25, 0.3) is 0 Å². The topological polar surface area (TPSA) is 29.3 Å². The summed E-state index contributed by atoms with van der Waals surface area (Å²) in [6, 6.07) is 12.7. The Labute approximate surface area is 116 Å². The van der Waals surface area contributed by atoms with E-state index in [1.807, 2.05) is 6.07 Å². The molecule has 2 aromatic rings. The standard InChI is InChI=1S/C15H15BrN2/c1-10-4-13(16)7-15(5-10)18-8-11-2-3-14(17)6-12(11)9-18/h2-7H,8-9,17H2,1H3. The minimum Gasteiger partial charge on any atom is -0.399 e. The highest BCUT2D eigenvalue weighted by Gasteiger charge is 2.19. The zero-order valence-electron chi connectivity index (χ0n) is 10.3. The summed E-state index contributed by atoms with van der Waals surface area (Å²) in [5, 5.41) is 0. The Kier molecular flexibility index (Phi) is 2.78. The summed E-state index contributed by atoms with van der Waals surface area (Å²) < 4.78 is 1.13. The summed E-state index contributed by atoms with van der Waals surface area (Å²) in [5.74, 6) is 0. The molecule has 1 aliphatic rings. The van der Waals surface area contributed by atoms with E-state index in [-0.39, 0.29) is 0 Å². The number of anilines is 2. The highest BCUT2D eigenvalue weighted by molar-refractivity contribution is 9.10. The fourth-order valence-electron chi connectivity index (χ4n) is 2.50. The molecule has 0 bridgehead atoms. The van der Waals surface area contributed by atoms with Crippen LogP contribution < -0.4 is 10.6 Å². The van der Waals surface area contributed by atoms with E-state index in [0.717, 1.165) is 23.2 Å². The summed E-state index contributed by atoms with van der Waals surface area (Å²) in [6.45, 7) is 4.03. The van der Waals surface area contributed by atoms with Crippen molar-refractivity contribution in [1.82, 2.24) is 0 Å². The quantitative estimate of drug-likeness (QED) is 0.811. The van der Waals surface area contributed by atoms with Crippen LogP contribution in [0.1, 0.15) is 16.7 Å². The summed E-state index contributed by atoms with van der Waals surface area (Å²) in [5.41, 5.74) is 11.9. The zero-order valence-corrected chi connectivity index (χ0v) is 11.9. The van der Waals surface area contributed by atoms with Gasteiger partial charge in [-0.1, -0.05) is 22.0 Å². The molecule has 0 spiro atoms. The first kappa shape index (κ1) is 11.6. The zero-order chi connectivity index (χ0) is 12.7. The maximum absolute atomic E-state index is 5.84. The number of aryl methyl sites for hydroxylation is 1. The van der Waals surface area contributed by atoms with Crippen molar-refractivity contribution in [2.75, 3.05) is 10.6 Å². The molecule has 0 amide bonds. The number of halogens is 1. The van der Waals surface area contributed by atoms with Crippen molar-refractivity contribution in [2.24, 2.45) is 0 Å². The van der Waals surface area contributed by atoms with Crippen LogP contribution in [0.5, 0.6) is 0 Å². The van der Waals surface area contributed by atoms with Gasteiger partial charge >= 0.3 is 0 Å². The number of hydrogen-bond acceptors (Lipinski definition) is 2. The minimum atomic E-state index is 0.848. The number of nitrogen functional groups attached to an aromatic ring is 1. The third-order valence-electron chi connectivity index (χ3n) is 3.34. The molecule has 1 aliphatic heterocycles. The maximum atomic E-state index is 5.84. The molecule has 0 saturated carbocycles. The highest BCUT2D eigenvalue weighted by Crippen LogP contribution is 2.31. The minimum absolute atomic E-state index is 0.848. The first-order valence-corrected chi connectivity index (χ1v) is 6.80. The largest absolute Gasteiger partial charge is 0.399 e. The Morgan fingerprint density at radius 2 is 1.83 bits per heavy atom. The van der Waals surface area contributed by atoms with E-state index in [1.165, 1.54) is 22.4 Å². The molecule has 3 heteroatoms. The van der Waals surface area contributed by atoms with E-state index in [4.69, 9.17) is 5.73 Å². The molecule has 0 radical (unpaired) electrons. The van der Waals surface area contributed by atoms with Crippen LogP contribution in [-0.4, -0.2) is 0 Å². The molecule has 0 atom stereocenters. The van der Waals surface area contributed by atoms with Gasteiger partial charge in [-0.25, -0.2) is 0 Å². The lowest BCUT2D eigenvalue weighted by Crippen LogP contribution is -2.14. The van der Waals surface area contributed by atoms with Gasteiger partial charge in [0.25, 0.3) is 0 Å². The van der Waals surface area contributed by atoms with Gasteiger partial charge in [0.05, 0.1) is 0 Å². The number of fused-ring (bicyclic) bond motifs is 1. The second-order valence-electron chi connectivity index (χ2n) is 4.87. The lowest BCUT2D eigenvalue weighted by molar-refractivity contribution is 0.879. The van der Waals surface area contributed by atoms with Gasteiger partial charge in [0.15, 0.2) is 0 Å². The van der Waals surface area contributed by atoms with Crippen molar-refractivity contribution in [3.63, 3.8) is 0 Å². The van der Waals surface area contributed by atoms with Gasteiger partial charge in [-0.15, -0.1) is 0 Å². The van der Waals surface area contributed by atoms with Gasteiger partial charge < -0.3 is 10.6 Å². The van der Waals surface area contributed by atoms with Gasteiger partial charge in [0, 0.05) is 28.9 Å². The number of hydrogen-bond donors (Lipinski definition) is 1. The Hall–Kier alpha value is -1.48. The first-order valence-electron chi connectivity index (χ1n) is 6.01. The lowest BCUT2D eigenvalue weighted by Gasteiger charge is -2.18. The molecule has 3 rings (SSSR count). The van der Waals surface area contributed by atoms with Crippen LogP contribution in [0.3, 0.4) is 0 Å². The summed E-state index contributed by atoms with van der Waals surface area (Å²) in [7, 11) is 0. The number of nitrogens with zero attached hydrogens (tertiary/aromatic N) is 1. The van der Waals surface area contributed by atoms with Crippen LogP contribution in [0.2, 0.25) is 0 Å². The van der Waals surface area contributed by atoms with Crippen LogP contribution >= 0.6 is 15.9 Å². The molecule has 2 aromatic carbocycles. The van der Waals surface area contributed by atoms with Crippen LogP contribution in [0.4, 0.5) is 11.4 Å². The third kappa shape index (κ3) is 2.10. The van der Waals surface area contributed by atoms with E-state index in [0.29, 0.717) is 0 Å². The van der Waals surface area contributed by atoms with Gasteiger partial charge in [-0.2, -0.15) is 0 Å². The highest BCUT2D eigenvalue weighted by atomic mass is 79.9. The Balaban J connectivity index is 1.93. The van der Waals surface area contributed by atoms with Crippen LogP contribution in [0.15, 0.2) is 40.9 Å². The monoisotopic (exact) mass is 302 g/mol. The maximum Gasteiger partial charge on any atom is 0.0437 e. The Morgan fingerprint density at radius 1 is 1.06 bits per heavy atom. The second-order valence-corrected chi connectivity index (χ2v) is 5.79. The number of rotatable bonds is 1. The molecular weight excluding hydrogens is 288 g/mol. The van der Waals surface area contributed by atoms with E-state index < -0.39 is 0 Å². The molecule has 0 fully saturated rings. The molecule has 0 saturated heterocycles. The van der Waals surface area contributed by atoms with E-state index >= 15 is 0 Å². The Morgan fingerprint density at radius 3 is 2.61 bits per heavy atom. The summed E-state index contributed by atoms with van der Waals surface area (Å²) in [6.07, 6.45) is 0. The Bertz CT molecular complexity index is 587. The second kappa shape index (κ2) is 4.32. The number of benzene rings is 2.